The second-order valence-electron chi connectivity index (χ2n) is 5.08. The number of hydrogen-bond donors (Lipinski definition) is 2. The normalized spacial score (nSPS) is 10.1. The fourth-order valence-corrected chi connectivity index (χ4v) is 2.14. The number of benzene rings is 2. The molecule has 0 unspecified atom stereocenters. The lowest BCUT2D eigenvalue weighted by atomic mass is 10.2. The van der Waals surface area contributed by atoms with Crippen LogP contribution in [0.4, 0.5) is 11.4 Å². The molecule has 0 fully saturated rings. The standard InChI is InChI=1S/C17H17ClN2O3/c1-10-4-7-15(23-3)14(8-10)20-17(22)16(21)19-12-6-5-11(2)13(18)9-12/h4-9H,1-3H3,(H,19,21)(H,20,22). The molecule has 0 spiro atoms. The van der Waals surface area contributed by atoms with E-state index in [1.807, 2.05) is 19.9 Å². The Bertz CT molecular complexity index is 759. The number of anilines is 2. The van der Waals surface area contributed by atoms with Gasteiger partial charge in [-0.2, -0.15) is 0 Å². The van der Waals surface area contributed by atoms with Gasteiger partial charge < -0.3 is 15.4 Å². The Morgan fingerprint density at radius 3 is 2.35 bits per heavy atom. The predicted molar refractivity (Wildman–Crippen MR) is 91.2 cm³/mol. The fraction of sp³-hybridized carbons (Fsp3) is 0.176. The highest BCUT2D eigenvalue weighted by molar-refractivity contribution is 6.44. The molecule has 2 amide bonds. The van der Waals surface area contributed by atoms with Gasteiger partial charge in [0.25, 0.3) is 0 Å². The van der Waals surface area contributed by atoms with Crippen LogP contribution in [0.15, 0.2) is 36.4 Å². The van der Waals surface area contributed by atoms with E-state index in [4.69, 9.17) is 16.3 Å². The monoisotopic (exact) mass is 332 g/mol. The summed E-state index contributed by atoms with van der Waals surface area (Å²) in [5, 5.41) is 5.56. The average Bonchev–Trinajstić information content (AvgIpc) is 2.51. The van der Waals surface area contributed by atoms with E-state index in [0.29, 0.717) is 22.1 Å². The van der Waals surface area contributed by atoms with Gasteiger partial charge in [0.1, 0.15) is 5.75 Å². The topological polar surface area (TPSA) is 67.4 Å². The van der Waals surface area contributed by atoms with Crippen LogP contribution in [0.2, 0.25) is 5.02 Å². The number of carbonyl (C=O) groups excluding carboxylic acids is 2. The summed E-state index contributed by atoms with van der Waals surface area (Å²) in [6, 6.07) is 10.3. The van der Waals surface area contributed by atoms with E-state index in [9.17, 15) is 9.59 Å². The lowest BCUT2D eigenvalue weighted by molar-refractivity contribution is -0.133. The summed E-state index contributed by atoms with van der Waals surface area (Å²) in [6.07, 6.45) is 0. The van der Waals surface area contributed by atoms with Gasteiger partial charge in [0.05, 0.1) is 12.8 Å². The number of methoxy groups -OCH3 is 1. The molecular weight excluding hydrogens is 316 g/mol. The van der Waals surface area contributed by atoms with Crippen molar-refractivity contribution in [3.05, 3.63) is 52.5 Å². The largest absolute Gasteiger partial charge is 0.495 e. The molecule has 0 atom stereocenters. The van der Waals surface area contributed by atoms with Gasteiger partial charge >= 0.3 is 11.8 Å². The molecule has 2 aromatic carbocycles. The number of rotatable bonds is 3. The van der Waals surface area contributed by atoms with E-state index < -0.39 is 11.8 Å². The molecule has 2 rings (SSSR count). The molecule has 0 aliphatic carbocycles. The Labute approximate surface area is 139 Å². The summed E-state index contributed by atoms with van der Waals surface area (Å²) in [4.78, 5) is 24.0. The zero-order chi connectivity index (χ0) is 17.0. The molecule has 0 heterocycles. The number of carbonyl (C=O) groups is 2. The van der Waals surface area contributed by atoms with Crippen LogP contribution in [-0.2, 0) is 9.59 Å². The summed E-state index contributed by atoms with van der Waals surface area (Å²) in [7, 11) is 1.49. The molecule has 120 valence electrons. The van der Waals surface area contributed by atoms with Crippen LogP contribution in [0, 0.1) is 13.8 Å². The average molecular weight is 333 g/mol. The van der Waals surface area contributed by atoms with Crippen molar-refractivity contribution in [1.29, 1.82) is 0 Å². The molecule has 6 heteroatoms. The van der Waals surface area contributed by atoms with Crippen molar-refractivity contribution in [3.63, 3.8) is 0 Å². The first-order valence-electron chi connectivity index (χ1n) is 6.94. The number of hydrogen-bond acceptors (Lipinski definition) is 3. The summed E-state index contributed by atoms with van der Waals surface area (Å²) >= 11 is 6.00. The van der Waals surface area contributed by atoms with Gasteiger partial charge in [-0.3, -0.25) is 9.59 Å². The lowest BCUT2D eigenvalue weighted by Crippen LogP contribution is -2.29. The minimum absolute atomic E-state index is 0.439. The molecule has 0 bridgehead atoms. The van der Waals surface area contributed by atoms with E-state index >= 15 is 0 Å². The Kier molecular flexibility index (Phi) is 5.24. The first-order valence-corrected chi connectivity index (χ1v) is 7.31. The highest BCUT2D eigenvalue weighted by Crippen LogP contribution is 2.25. The quantitative estimate of drug-likeness (QED) is 0.845. The molecule has 0 aliphatic heterocycles. The second kappa shape index (κ2) is 7.15. The van der Waals surface area contributed by atoms with Crippen LogP contribution in [0.5, 0.6) is 5.75 Å². The molecular formula is C17H17ClN2O3. The van der Waals surface area contributed by atoms with Crippen molar-refractivity contribution in [2.45, 2.75) is 13.8 Å². The van der Waals surface area contributed by atoms with Gasteiger partial charge in [-0.1, -0.05) is 23.7 Å². The number of aryl methyl sites for hydroxylation is 2. The Hall–Kier alpha value is -2.53. The Balaban J connectivity index is 2.10. The first kappa shape index (κ1) is 16.8. The third kappa shape index (κ3) is 4.23. The summed E-state index contributed by atoms with van der Waals surface area (Å²) in [6.45, 7) is 3.73. The van der Waals surface area contributed by atoms with Gasteiger partial charge in [0, 0.05) is 10.7 Å². The minimum Gasteiger partial charge on any atom is -0.495 e. The molecule has 2 N–H and O–H groups in total. The minimum atomic E-state index is -0.786. The van der Waals surface area contributed by atoms with E-state index in [1.54, 1.807) is 30.3 Å². The van der Waals surface area contributed by atoms with Crippen LogP contribution >= 0.6 is 11.6 Å². The summed E-state index contributed by atoms with van der Waals surface area (Å²) in [5.41, 5.74) is 2.72. The highest BCUT2D eigenvalue weighted by Gasteiger charge is 2.16. The van der Waals surface area contributed by atoms with Crippen LogP contribution in [-0.4, -0.2) is 18.9 Å². The van der Waals surface area contributed by atoms with Gasteiger partial charge in [0.15, 0.2) is 0 Å². The van der Waals surface area contributed by atoms with Crippen LogP contribution in [0.25, 0.3) is 0 Å². The molecule has 5 nitrogen and oxygen atoms in total. The smallest absolute Gasteiger partial charge is 0.314 e. The van der Waals surface area contributed by atoms with Gasteiger partial charge in [0.2, 0.25) is 0 Å². The predicted octanol–water partition coefficient (Wildman–Crippen LogP) is 3.54. The number of halogens is 1. The van der Waals surface area contributed by atoms with Gasteiger partial charge in [-0.25, -0.2) is 0 Å². The maximum Gasteiger partial charge on any atom is 0.314 e. The molecule has 0 radical (unpaired) electrons. The van der Waals surface area contributed by atoms with E-state index in [2.05, 4.69) is 10.6 Å². The maximum atomic E-state index is 12.0. The fourth-order valence-electron chi connectivity index (χ4n) is 1.96. The molecule has 0 aliphatic rings. The number of amides is 2. The van der Waals surface area contributed by atoms with Crippen LogP contribution in [0.3, 0.4) is 0 Å². The molecule has 0 saturated heterocycles. The maximum absolute atomic E-state index is 12.0. The van der Waals surface area contributed by atoms with Crippen LogP contribution < -0.4 is 15.4 Å². The molecule has 2 aromatic rings. The SMILES string of the molecule is COc1ccc(C)cc1NC(=O)C(=O)Nc1ccc(C)c(Cl)c1. The van der Waals surface area contributed by atoms with Crippen molar-refractivity contribution >= 4 is 34.8 Å². The Morgan fingerprint density at radius 1 is 1.00 bits per heavy atom. The Morgan fingerprint density at radius 2 is 1.70 bits per heavy atom. The van der Waals surface area contributed by atoms with E-state index in [1.165, 1.54) is 7.11 Å². The summed E-state index contributed by atoms with van der Waals surface area (Å²) in [5.74, 6) is -1.09. The van der Waals surface area contributed by atoms with E-state index in [-0.39, 0.29) is 0 Å². The lowest BCUT2D eigenvalue weighted by Gasteiger charge is -2.11. The van der Waals surface area contributed by atoms with Crippen molar-refractivity contribution < 1.29 is 14.3 Å². The van der Waals surface area contributed by atoms with Crippen molar-refractivity contribution in [3.8, 4) is 5.75 Å². The van der Waals surface area contributed by atoms with Crippen LogP contribution in [0.1, 0.15) is 11.1 Å². The number of ether oxygens (including phenoxy) is 1. The highest BCUT2D eigenvalue weighted by atomic mass is 35.5. The zero-order valence-electron chi connectivity index (χ0n) is 13.1. The van der Waals surface area contributed by atoms with Crippen molar-refractivity contribution in [1.82, 2.24) is 0 Å². The van der Waals surface area contributed by atoms with Crippen molar-refractivity contribution in [2.75, 3.05) is 17.7 Å². The van der Waals surface area contributed by atoms with Gasteiger partial charge in [-0.15, -0.1) is 0 Å². The summed E-state index contributed by atoms with van der Waals surface area (Å²) < 4.78 is 5.16. The van der Waals surface area contributed by atoms with Gasteiger partial charge in [-0.05, 0) is 49.2 Å². The molecule has 23 heavy (non-hydrogen) atoms. The third-order valence-electron chi connectivity index (χ3n) is 3.24. The number of nitrogens with one attached hydrogen (secondary N) is 2. The second-order valence-corrected chi connectivity index (χ2v) is 5.48. The first-order chi connectivity index (χ1) is 10.9. The molecule has 0 saturated carbocycles. The third-order valence-corrected chi connectivity index (χ3v) is 3.65. The molecule has 0 aromatic heterocycles. The zero-order valence-corrected chi connectivity index (χ0v) is 13.8. The van der Waals surface area contributed by atoms with Crippen molar-refractivity contribution in [2.24, 2.45) is 0 Å². The van der Waals surface area contributed by atoms with E-state index in [0.717, 1.165) is 11.1 Å².